The monoisotopic (exact) mass is 253 g/mol. The molecule has 18 heavy (non-hydrogen) atoms. The highest BCUT2D eigenvalue weighted by Gasteiger charge is 2.21. The molecule has 0 atom stereocenters. The molecule has 0 bridgehead atoms. The molecule has 1 aromatic rings. The largest absolute Gasteiger partial charge is 0.425 e. The van der Waals surface area contributed by atoms with E-state index in [1.807, 2.05) is 0 Å². The smallest absolute Gasteiger partial charge is 0.219 e. The fraction of sp³-hybridized carbons (Fsp3) is 0.846. The number of hydrogen-bond donors (Lipinski definition) is 1. The summed E-state index contributed by atoms with van der Waals surface area (Å²) in [7, 11) is 0. The zero-order chi connectivity index (χ0) is 12.8. The molecule has 5 nitrogen and oxygen atoms in total. The van der Waals surface area contributed by atoms with Gasteiger partial charge in [-0.1, -0.05) is 13.8 Å². The van der Waals surface area contributed by atoms with Crippen LogP contribution in [-0.2, 0) is 11.2 Å². The molecule has 0 saturated carbocycles. The number of rotatable bonds is 6. The second-order valence-electron chi connectivity index (χ2n) is 5.13. The van der Waals surface area contributed by atoms with Gasteiger partial charge in [-0.2, -0.15) is 0 Å². The fourth-order valence-electron chi connectivity index (χ4n) is 2.11. The third-order valence-electron chi connectivity index (χ3n) is 3.17. The van der Waals surface area contributed by atoms with Gasteiger partial charge in [-0.15, -0.1) is 10.2 Å². The summed E-state index contributed by atoms with van der Waals surface area (Å²) in [6, 6.07) is 0.533. The summed E-state index contributed by atoms with van der Waals surface area (Å²) < 4.78 is 11.1. The minimum atomic E-state index is 0.397. The van der Waals surface area contributed by atoms with Crippen LogP contribution in [-0.4, -0.2) is 36.0 Å². The predicted octanol–water partition coefficient (Wildman–Crippen LogP) is 1.89. The van der Waals surface area contributed by atoms with E-state index in [2.05, 4.69) is 29.4 Å². The molecule has 2 rings (SSSR count). The van der Waals surface area contributed by atoms with E-state index in [1.165, 1.54) is 0 Å². The summed E-state index contributed by atoms with van der Waals surface area (Å²) in [5.74, 6) is 1.96. The summed E-state index contributed by atoms with van der Waals surface area (Å²) >= 11 is 0. The van der Waals surface area contributed by atoms with E-state index < -0.39 is 0 Å². The van der Waals surface area contributed by atoms with Gasteiger partial charge in [0.2, 0.25) is 11.8 Å². The van der Waals surface area contributed by atoms with Gasteiger partial charge in [-0.25, -0.2) is 0 Å². The van der Waals surface area contributed by atoms with E-state index in [0.717, 1.165) is 57.2 Å². The van der Waals surface area contributed by atoms with Crippen molar-refractivity contribution in [2.45, 2.75) is 51.5 Å². The highest BCUT2D eigenvalue weighted by molar-refractivity contribution is 4.93. The van der Waals surface area contributed by atoms with Crippen molar-refractivity contribution in [1.29, 1.82) is 0 Å². The van der Waals surface area contributed by atoms with Crippen molar-refractivity contribution in [3.63, 3.8) is 0 Å². The Morgan fingerprint density at radius 3 is 2.78 bits per heavy atom. The van der Waals surface area contributed by atoms with Crippen LogP contribution in [0.25, 0.3) is 0 Å². The van der Waals surface area contributed by atoms with Crippen LogP contribution in [0.15, 0.2) is 4.42 Å². The van der Waals surface area contributed by atoms with E-state index in [4.69, 9.17) is 9.15 Å². The van der Waals surface area contributed by atoms with E-state index in [-0.39, 0.29) is 0 Å². The Morgan fingerprint density at radius 2 is 2.06 bits per heavy atom. The van der Waals surface area contributed by atoms with Crippen LogP contribution in [0, 0.1) is 0 Å². The molecule has 0 spiro atoms. The summed E-state index contributed by atoms with van der Waals surface area (Å²) in [5.41, 5.74) is 0. The average Bonchev–Trinajstić information content (AvgIpc) is 2.84. The lowest BCUT2D eigenvalue weighted by Crippen LogP contribution is -2.23. The van der Waals surface area contributed by atoms with Gasteiger partial charge in [0.05, 0.1) is 0 Å². The minimum absolute atomic E-state index is 0.397. The number of aromatic nitrogens is 2. The van der Waals surface area contributed by atoms with Crippen molar-refractivity contribution in [1.82, 2.24) is 15.5 Å². The minimum Gasteiger partial charge on any atom is -0.425 e. The Morgan fingerprint density at radius 1 is 1.28 bits per heavy atom. The molecule has 1 saturated heterocycles. The van der Waals surface area contributed by atoms with Gasteiger partial charge in [0, 0.05) is 31.6 Å². The van der Waals surface area contributed by atoms with Crippen molar-refractivity contribution in [3.05, 3.63) is 11.8 Å². The highest BCUT2D eigenvalue weighted by atomic mass is 16.5. The first-order valence-electron chi connectivity index (χ1n) is 6.89. The summed E-state index contributed by atoms with van der Waals surface area (Å²) in [6.45, 7) is 6.90. The Hall–Kier alpha value is -0.940. The summed E-state index contributed by atoms with van der Waals surface area (Å²) in [5, 5.41) is 11.7. The van der Waals surface area contributed by atoms with Crippen LogP contribution >= 0.6 is 0 Å². The molecule has 1 aliphatic rings. The number of aryl methyl sites for hydroxylation is 1. The second-order valence-corrected chi connectivity index (χ2v) is 5.13. The van der Waals surface area contributed by atoms with Crippen LogP contribution in [0.3, 0.4) is 0 Å². The fourth-order valence-corrected chi connectivity index (χ4v) is 2.11. The first-order chi connectivity index (χ1) is 8.75. The lowest BCUT2D eigenvalue weighted by atomic mass is 10.0. The molecule has 102 valence electrons. The van der Waals surface area contributed by atoms with Crippen molar-refractivity contribution in [3.8, 4) is 0 Å². The third kappa shape index (κ3) is 4.07. The third-order valence-corrected chi connectivity index (χ3v) is 3.17. The molecular weight excluding hydrogens is 230 g/mol. The molecule has 0 aliphatic carbocycles. The maximum Gasteiger partial charge on any atom is 0.219 e. The molecule has 1 aromatic heterocycles. The van der Waals surface area contributed by atoms with Gasteiger partial charge < -0.3 is 14.5 Å². The zero-order valence-electron chi connectivity index (χ0n) is 11.3. The van der Waals surface area contributed by atoms with Crippen LogP contribution in [0.1, 0.15) is 50.8 Å². The Balaban J connectivity index is 1.75. The van der Waals surface area contributed by atoms with Gasteiger partial charge in [-0.3, -0.25) is 0 Å². The first kappa shape index (κ1) is 13.5. The Bertz CT molecular complexity index is 346. The maximum absolute atomic E-state index is 5.72. The molecular formula is C13H23N3O2. The molecule has 0 unspecified atom stereocenters. The van der Waals surface area contributed by atoms with Crippen LogP contribution in [0.4, 0.5) is 0 Å². The van der Waals surface area contributed by atoms with Gasteiger partial charge in [0.1, 0.15) is 0 Å². The highest BCUT2D eigenvalue weighted by Crippen LogP contribution is 2.25. The molecule has 0 radical (unpaired) electrons. The van der Waals surface area contributed by atoms with E-state index in [1.54, 1.807) is 0 Å². The van der Waals surface area contributed by atoms with Gasteiger partial charge in [0.25, 0.3) is 0 Å². The van der Waals surface area contributed by atoms with Gasteiger partial charge in [0.15, 0.2) is 0 Å². The topological polar surface area (TPSA) is 60.2 Å². The van der Waals surface area contributed by atoms with Crippen LogP contribution in [0.2, 0.25) is 0 Å². The molecule has 5 heteroatoms. The Labute approximate surface area is 108 Å². The lowest BCUT2D eigenvalue weighted by Gasteiger charge is -2.18. The van der Waals surface area contributed by atoms with E-state index in [0.29, 0.717) is 12.0 Å². The number of nitrogens with zero attached hydrogens (tertiary/aromatic N) is 2. The van der Waals surface area contributed by atoms with Crippen molar-refractivity contribution >= 4 is 0 Å². The quantitative estimate of drug-likeness (QED) is 0.785. The number of nitrogens with one attached hydrogen (secondary N) is 1. The molecule has 2 heterocycles. The normalized spacial score (nSPS) is 17.5. The molecule has 0 amide bonds. The van der Waals surface area contributed by atoms with Gasteiger partial charge >= 0.3 is 0 Å². The van der Waals surface area contributed by atoms with Gasteiger partial charge in [-0.05, 0) is 25.8 Å². The Kier molecular flexibility index (Phi) is 5.13. The summed E-state index contributed by atoms with van der Waals surface area (Å²) in [4.78, 5) is 0. The SMILES string of the molecule is CC(C)NCCCc1nnc(C2CCOCC2)o1. The summed E-state index contributed by atoms with van der Waals surface area (Å²) in [6.07, 6.45) is 3.89. The molecule has 1 N–H and O–H groups in total. The standard InChI is InChI=1S/C13H23N3O2/c1-10(2)14-7-3-4-12-15-16-13(18-12)11-5-8-17-9-6-11/h10-11,14H,3-9H2,1-2H3. The van der Waals surface area contributed by atoms with Crippen molar-refractivity contribution in [2.24, 2.45) is 0 Å². The van der Waals surface area contributed by atoms with E-state index >= 15 is 0 Å². The number of ether oxygens (including phenoxy) is 1. The second kappa shape index (κ2) is 6.85. The molecule has 1 aliphatic heterocycles. The van der Waals surface area contributed by atoms with Crippen LogP contribution in [0.5, 0.6) is 0 Å². The molecule has 1 fully saturated rings. The maximum atomic E-state index is 5.72. The predicted molar refractivity (Wildman–Crippen MR) is 68.6 cm³/mol. The van der Waals surface area contributed by atoms with E-state index in [9.17, 15) is 0 Å². The zero-order valence-corrected chi connectivity index (χ0v) is 11.3. The average molecular weight is 253 g/mol. The lowest BCUT2D eigenvalue weighted by molar-refractivity contribution is 0.0791. The first-order valence-corrected chi connectivity index (χ1v) is 6.89. The van der Waals surface area contributed by atoms with Crippen molar-refractivity contribution in [2.75, 3.05) is 19.8 Å². The van der Waals surface area contributed by atoms with Crippen molar-refractivity contribution < 1.29 is 9.15 Å². The molecule has 0 aromatic carbocycles. The van der Waals surface area contributed by atoms with Crippen LogP contribution < -0.4 is 5.32 Å². The number of hydrogen-bond acceptors (Lipinski definition) is 5.